The number of carbonyl (C=O) groups is 1. The molecule has 0 aliphatic heterocycles. The topological polar surface area (TPSA) is 43.1 Å². The summed E-state index contributed by atoms with van der Waals surface area (Å²) in [6, 6.07) is 0. The molecule has 0 heterocycles. The molecule has 0 saturated carbocycles. The Morgan fingerprint density at radius 1 is 0.389 bits per heavy atom. The van der Waals surface area contributed by atoms with E-state index in [1.54, 1.807) is 0 Å². The lowest BCUT2D eigenvalue weighted by atomic mass is 9.93. The van der Waals surface area contributed by atoms with E-state index in [1.165, 1.54) is 180 Å². The number of nitrogens with two attached hydrogens (primary N) is 1. The lowest BCUT2D eigenvalue weighted by molar-refractivity contribution is -0.122. The Hall–Kier alpha value is -0.530. The zero-order valence-electron chi connectivity index (χ0n) is 25.3. The molecule has 0 aromatic carbocycles. The standard InChI is InChI=1S/C34H69NO/c1-3-5-7-9-11-13-15-17-18-19-20-22-24-26-28-30-32-33(34(35)36)31-29-27-25-23-21-16-14-12-10-8-6-4-2/h33H,3-32H2,1-2H3,(H2,35,36). The van der Waals surface area contributed by atoms with Gasteiger partial charge in [0.15, 0.2) is 0 Å². The van der Waals surface area contributed by atoms with Crippen molar-refractivity contribution in [1.29, 1.82) is 0 Å². The molecule has 0 aromatic rings. The number of amides is 1. The zero-order chi connectivity index (χ0) is 26.4. The summed E-state index contributed by atoms with van der Waals surface area (Å²) in [5.74, 6) is 0.0683. The summed E-state index contributed by atoms with van der Waals surface area (Å²) in [6.45, 7) is 4.58. The maximum Gasteiger partial charge on any atom is 0.220 e. The van der Waals surface area contributed by atoms with E-state index in [1.807, 2.05) is 0 Å². The van der Waals surface area contributed by atoms with E-state index >= 15 is 0 Å². The molecule has 1 unspecified atom stereocenters. The van der Waals surface area contributed by atoms with E-state index in [4.69, 9.17) is 5.73 Å². The summed E-state index contributed by atoms with van der Waals surface area (Å²) >= 11 is 0. The monoisotopic (exact) mass is 508 g/mol. The van der Waals surface area contributed by atoms with Crippen LogP contribution in [0.3, 0.4) is 0 Å². The van der Waals surface area contributed by atoms with Gasteiger partial charge < -0.3 is 5.73 Å². The zero-order valence-corrected chi connectivity index (χ0v) is 25.3. The fourth-order valence-electron chi connectivity index (χ4n) is 5.60. The molecule has 0 radical (unpaired) electrons. The fraction of sp³-hybridized carbons (Fsp3) is 0.971. The molecular formula is C34H69NO. The normalized spacial score (nSPS) is 12.3. The van der Waals surface area contributed by atoms with Crippen LogP contribution in [0.15, 0.2) is 0 Å². The summed E-state index contributed by atoms with van der Waals surface area (Å²) in [7, 11) is 0. The molecule has 216 valence electrons. The summed E-state index contributed by atoms with van der Waals surface area (Å²) in [6.07, 6.45) is 40.8. The molecule has 0 saturated heterocycles. The van der Waals surface area contributed by atoms with Crippen LogP contribution in [0, 0.1) is 5.92 Å². The summed E-state index contributed by atoms with van der Waals surface area (Å²) in [5.41, 5.74) is 5.70. The summed E-state index contributed by atoms with van der Waals surface area (Å²) in [4.78, 5) is 11.8. The molecule has 0 aliphatic carbocycles. The average molecular weight is 508 g/mol. The molecule has 1 amide bonds. The second kappa shape index (κ2) is 30.7. The van der Waals surface area contributed by atoms with Gasteiger partial charge in [0.1, 0.15) is 0 Å². The number of unbranched alkanes of at least 4 members (excludes halogenated alkanes) is 26. The van der Waals surface area contributed by atoms with Crippen LogP contribution in [0.4, 0.5) is 0 Å². The highest BCUT2D eigenvalue weighted by atomic mass is 16.1. The molecule has 0 spiro atoms. The van der Waals surface area contributed by atoms with Crippen molar-refractivity contribution in [2.24, 2.45) is 11.7 Å². The molecule has 0 aliphatic rings. The number of hydrogen-bond donors (Lipinski definition) is 1. The first kappa shape index (κ1) is 35.5. The highest BCUT2D eigenvalue weighted by Gasteiger charge is 2.14. The van der Waals surface area contributed by atoms with Gasteiger partial charge in [0.05, 0.1) is 0 Å². The first-order valence-electron chi connectivity index (χ1n) is 17.0. The van der Waals surface area contributed by atoms with E-state index in [2.05, 4.69) is 13.8 Å². The molecular weight excluding hydrogens is 438 g/mol. The van der Waals surface area contributed by atoms with Crippen LogP contribution < -0.4 is 5.73 Å². The smallest absolute Gasteiger partial charge is 0.220 e. The minimum Gasteiger partial charge on any atom is -0.369 e. The van der Waals surface area contributed by atoms with Crippen molar-refractivity contribution in [3.05, 3.63) is 0 Å². The number of carbonyl (C=O) groups excluding carboxylic acids is 1. The van der Waals surface area contributed by atoms with Gasteiger partial charge in [-0.05, 0) is 12.8 Å². The maximum atomic E-state index is 11.8. The van der Waals surface area contributed by atoms with Crippen LogP contribution in [0.5, 0.6) is 0 Å². The second-order valence-electron chi connectivity index (χ2n) is 11.9. The van der Waals surface area contributed by atoms with Gasteiger partial charge in [0.25, 0.3) is 0 Å². The molecule has 0 rings (SSSR count). The minimum absolute atomic E-state index is 0.0565. The van der Waals surface area contributed by atoms with Crippen LogP contribution in [0.2, 0.25) is 0 Å². The fourth-order valence-corrected chi connectivity index (χ4v) is 5.60. The van der Waals surface area contributed by atoms with Gasteiger partial charge in [-0.1, -0.05) is 194 Å². The summed E-state index contributed by atoms with van der Waals surface area (Å²) < 4.78 is 0. The van der Waals surface area contributed by atoms with Crippen molar-refractivity contribution in [2.45, 2.75) is 206 Å². The second-order valence-corrected chi connectivity index (χ2v) is 11.9. The molecule has 0 fully saturated rings. The van der Waals surface area contributed by atoms with Gasteiger partial charge in [0, 0.05) is 5.92 Å². The van der Waals surface area contributed by atoms with Crippen LogP contribution >= 0.6 is 0 Å². The van der Waals surface area contributed by atoms with E-state index in [9.17, 15) is 4.79 Å². The van der Waals surface area contributed by atoms with Crippen molar-refractivity contribution >= 4 is 5.91 Å². The van der Waals surface area contributed by atoms with E-state index in [-0.39, 0.29) is 11.8 Å². The van der Waals surface area contributed by atoms with E-state index in [0.29, 0.717) is 0 Å². The van der Waals surface area contributed by atoms with Crippen molar-refractivity contribution < 1.29 is 4.79 Å². The van der Waals surface area contributed by atoms with Crippen molar-refractivity contribution in [3.63, 3.8) is 0 Å². The molecule has 0 bridgehead atoms. The SMILES string of the molecule is CCCCCCCCCCCCCCCCCCC(CCCCCCCCCCCCCC)C(N)=O. The van der Waals surface area contributed by atoms with Gasteiger partial charge in [-0.15, -0.1) is 0 Å². The lowest BCUT2D eigenvalue weighted by Gasteiger charge is -2.13. The van der Waals surface area contributed by atoms with Gasteiger partial charge in [-0.3, -0.25) is 4.79 Å². The van der Waals surface area contributed by atoms with Crippen LogP contribution in [0.1, 0.15) is 206 Å². The first-order chi connectivity index (χ1) is 17.7. The van der Waals surface area contributed by atoms with E-state index in [0.717, 1.165) is 12.8 Å². The first-order valence-corrected chi connectivity index (χ1v) is 17.0. The third kappa shape index (κ3) is 28.0. The van der Waals surface area contributed by atoms with Crippen LogP contribution in [-0.2, 0) is 4.79 Å². The predicted molar refractivity (Wildman–Crippen MR) is 163 cm³/mol. The van der Waals surface area contributed by atoms with Gasteiger partial charge in [-0.2, -0.15) is 0 Å². The highest BCUT2D eigenvalue weighted by molar-refractivity contribution is 5.76. The molecule has 0 aromatic heterocycles. The predicted octanol–water partition coefficient (Wildman–Crippen LogP) is 11.8. The Morgan fingerprint density at radius 3 is 0.778 bits per heavy atom. The maximum absolute atomic E-state index is 11.8. The molecule has 1 atom stereocenters. The highest BCUT2D eigenvalue weighted by Crippen LogP contribution is 2.20. The quantitative estimate of drug-likeness (QED) is 0.0931. The Balaban J connectivity index is 3.38. The minimum atomic E-state index is -0.0565. The molecule has 2 nitrogen and oxygen atoms in total. The number of rotatable bonds is 31. The molecule has 2 heteroatoms. The lowest BCUT2D eigenvalue weighted by Crippen LogP contribution is -2.23. The van der Waals surface area contributed by atoms with Gasteiger partial charge in [-0.25, -0.2) is 0 Å². The number of primary amides is 1. The number of hydrogen-bond acceptors (Lipinski definition) is 1. The summed E-state index contributed by atoms with van der Waals surface area (Å²) in [5, 5.41) is 0. The Morgan fingerprint density at radius 2 is 0.583 bits per heavy atom. The van der Waals surface area contributed by atoms with Crippen molar-refractivity contribution in [1.82, 2.24) is 0 Å². The molecule has 36 heavy (non-hydrogen) atoms. The van der Waals surface area contributed by atoms with E-state index < -0.39 is 0 Å². The molecule has 2 N–H and O–H groups in total. The third-order valence-electron chi connectivity index (χ3n) is 8.21. The van der Waals surface area contributed by atoms with Crippen molar-refractivity contribution in [3.8, 4) is 0 Å². The third-order valence-corrected chi connectivity index (χ3v) is 8.21. The Kier molecular flexibility index (Phi) is 30.2. The Bertz CT molecular complexity index is 421. The van der Waals surface area contributed by atoms with Gasteiger partial charge in [0.2, 0.25) is 5.91 Å². The van der Waals surface area contributed by atoms with Crippen LogP contribution in [0.25, 0.3) is 0 Å². The largest absolute Gasteiger partial charge is 0.369 e. The van der Waals surface area contributed by atoms with Crippen molar-refractivity contribution in [2.75, 3.05) is 0 Å². The van der Waals surface area contributed by atoms with Gasteiger partial charge >= 0.3 is 0 Å². The average Bonchev–Trinajstić information content (AvgIpc) is 2.87. The Labute approximate surface area is 228 Å². The van der Waals surface area contributed by atoms with Crippen LogP contribution in [-0.4, -0.2) is 5.91 Å².